The third-order valence-electron chi connectivity index (χ3n) is 1.84. The molecule has 0 aromatic heterocycles. The average molecular weight is 230 g/mol. The molecule has 0 saturated carbocycles. The number of carboxylic acids is 1. The smallest absolute Gasteiger partial charge is 0.303 e. The second-order valence-electron chi connectivity index (χ2n) is 3.69. The van der Waals surface area contributed by atoms with E-state index in [1.165, 1.54) is 0 Å². The average Bonchev–Trinajstić information content (AvgIpc) is 2.20. The van der Waals surface area contributed by atoms with Gasteiger partial charge in [-0.3, -0.25) is 14.4 Å². The van der Waals surface area contributed by atoms with Gasteiger partial charge in [0.15, 0.2) is 0 Å². The topological polar surface area (TPSA) is 95.5 Å². The molecule has 0 aliphatic carbocycles. The molecule has 2 amide bonds. The zero-order valence-corrected chi connectivity index (χ0v) is 9.58. The highest BCUT2D eigenvalue weighted by atomic mass is 16.4. The molecule has 0 aliphatic heterocycles. The Bertz CT molecular complexity index is 264. The summed E-state index contributed by atoms with van der Waals surface area (Å²) in [6.07, 6.45) is -0.211. The van der Waals surface area contributed by atoms with E-state index in [4.69, 9.17) is 5.11 Å². The Morgan fingerprint density at radius 1 is 1.06 bits per heavy atom. The highest BCUT2D eigenvalue weighted by Crippen LogP contribution is 1.90. The SMILES string of the molecule is CC(C)C(=O)NCCNC(=O)CCC(=O)O. The predicted octanol–water partition coefficient (Wildman–Crippen LogP) is -0.260. The van der Waals surface area contributed by atoms with Gasteiger partial charge in [0.1, 0.15) is 0 Å². The molecule has 0 aliphatic rings. The number of hydrogen-bond acceptors (Lipinski definition) is 3. The minimum Gasteiger partial charge on any atom is -0.481 e. The zero-order valence-electron chi connectivity index (χ0n) is 9.58. The van der Waals surface area contributed by atoms with Crippen LogP contribution in [-0.2, 0) is 14.4 Å². The number of hydrogen-bond donors (Lipinski definition) is 3. The lowest BCUT2D eigenvalue weighted by atomic mass is 10.2. The number of carboxylic acid groups (broad SMARTS) is 1. The largest absolute Gasteiger partial charge is 0.481 e. The maximum atomic E-state index is 11.1. The Kier molecular flexibility index (Phi) is 6.91. The van der Waals surface area contributed by atoms with Gasteiger partial charge in [-0.2, -0.15) is 0 Å². The Balaban J connectivity index is 3.48. The van der Waals surface area contributed by atoms with Crippen LogP contribution < -0.4 is 10.6 Å². The summed E-state index contributed by atoms with van der Waals surface area (Å²) in [4.78, 5) is 32.3. The summed E-state index contributed by atoms with van der Waals surface area (Å²) >= 11 is 0. The molecule has 0 unspecified atom stereocenters. The van der Waals surface area contributed by atoms with E-state index in [1.807, 2.05) is 0 Å². The molecule has 0 rings (SSSR count). The summed E-state index contributed by atoms with van der Waals surface area (Å²) in [6, 6.07) is 0. The Morgan fingerprint density at radius 3 is 2.12 bits per heavy atom. The maximum Gasteiger partial charge on any atom is 0.303 e. The van der Waals surface area contributed by atoms with Crippen LogP contribution in [-0.4, -0.2) is 36.0 Å². The van der Waals surface area contributed by atoms with Gasteiger partial charge < -0.3 is 15.7 Å². The van der Waals surface area contributed by atoms with Crippen LogP contribution in [0.5, 0.6) is 0 Å². The maximum absolute atomic E-state index is 11.1. The van der Waals surface area contributed by atoms with Crippen LogP contribution in [0.15, 0.2) is 0 Å². The molecule has 0 radical (unpaired) electrons. The van der Waals surface area contributed by atoms with Crippen LogP contribution in [0.3, 0.4) is 0 Å². The van der Waals surface area contributed by atoms with E-state index in [2.05, 4.69) is 10.6 Å². The van der Waals surface area contributed by atoms with Gasteiger partial charge in [0.25, 0.3) is 0 Å². The lowest BCUT2D eigenvalue weighted by Crippen LogP contribution is -2.36. The van der Waals surface area contributed by atoms with Crippen LogP contribution in [0.25, 0.3) is 0 Å². The van der Waals surface area contributed by atoms with Gasteiger partial charge in [-0.1, -0.05) is 13.8 Å². The van der Waals surface area contributed by atoms with E-state index in [-0.39, 0.29) is 30.6 Å². The third kappa shape index (κ3) is 7.78. The van der Waals surface area contributed by atoms with Gasteiger partial charge in [-0.15, -0.1) is 0 Å². The van der Waals surface area contributed by atoms with Gasteiger partial charge in [0, 0.05) is 25.4 Å². The molecular weight excluding hydrogens is 212 g/mol. The first-order valence-corrected chi connectivity index (χ1v) is 5.19. The molecule has 6 nitrogen and oxygen atoms in total. The second kappa shape index (κ2) is 7.67. The van der Waals surface area contributed by atoms with Gasteiger partial charge in [0.05, 0.1) is 6.42 Å². The standard InChI is InChI=1S/C10H18N2O4/c1-7(2)10(16)12-6-5-11-8(13)3-4-9(14)15/h7H,3-6H2,1-2H3,(H,11,13)(H,12,16)(H,14,15). The fraction of sp³-hybridized carbons (Fsp3) is 0.700. The van der Waals surface area contributed by atoms with Gasteiger partial charge >= 0.3 is 5.97 Å². The number of aliphatic carboxylic acids is 1. The first-order chi connectivity index (χ1) is 7.43. The molecule has 0 fully saturated rings. The highest BCUT2D eigenvalue weighted by Gasteiger charge is 2.06. The first-order valence-electron chi connectivity index (χ1n) is 5.19. The van der Waals surface area contributed by atoms with E-state index < -0.39 is 5.97 Å². The number of rotatable bonds is 7. The van der Waals surface area contributed by atoms with Crippen LogP contribution in [0.1, 0.15) is 26.7 Å². The van der Waals surface area contributed by atoms with Crippen LogP contribution in [0, 0.1) is 5.92 Å². The van der Waals surface area contributed by atoms with Crippen LogP contribution in [0.2, 0.25) is 0 Å². The molecule has 3 N–H and O–H groups in total. The van der Waals surface area contributed by atoms with Crippen molar-refractivity contribution in [2.75, 3.05) is 13.1 Å². The summed E-state index contributed by atoms with van der Waals surface area (Å²) in [5.74, 6) is -1.47. The van der Waals surface area contributed by atoms with Crippen LogP contribution >= 0.6 is 0 Å². The number of carbonyl (C=O) groups excluding carboxylic acids is 2. The quantitative estimate of drug-likeness (QED) is 0.525. The fourth-order valence-corrected chi connectivity index (χ4v) is 0.901. The van der Waals surface area contributed by atoms with Crippen LogP contribution in [0.4, 0.5) is 0 Å². The summed E-state index contributed by atoms with van der Waals surface area (Å²) < 4.78 is 0. The Hall–Kier alpha value is -1.59. The van der Waals surface area contributed by atoms with Crippen molar-refractivity contribution in [2.24, 2.45) is 5.92 Å². The monoisotopic (exact) mass is 230 g/mol. The first kappa shape index (κ1) is 14.4. The Morgan fingerprint density at radius 2 is 1.62 bits per heavy atom. The van der Waals surface area contributed by atoms with Crippen molar-refractivity contribution in [2.45, 2.75) is 26.7 Å². The third-order valence-corrected chi connectivity index (χ3v) is 1.84. The fourth-order valence-electron chi connectivity index (χ4n) is 0.901. The molecule has 0 aromatic carbocycles. The van der Waals surface area contributed by atoms with Crippen molar-refractivity contribution >= 4 is 17.8 Å². The molecule has 16 heavy (non-hydrogen) atoms. The zero-order chi connectivity index (χ0) is 12.6. The molecule has 6 heteroatoms. The minimum atomic E-state index is -0.997. The summed E-state index contributed by atoms with van der Waals surface area (Å²) in [6.45, 7) is 4.23. The van der Waals surface area contributed by atoms with Crippen molar-refractivity contribution in [1.82, 2.24) is 10.6 Å². The van der Waals surface area contributed by atoms with Gasteiger partial charge in [0.2, 0.25) is 11.8 Å². The van der Waals surface area contributed by atoms with Gasteiger partial charge in [-0.05, 0) is 0 Å². The van der Waals surface area contributed by atoms with Crippen molar-refractivity contribution in [1.29, 1.82) is 0 Å². The summed E-state index contributed by atoms with van der Waals surface area (Å²) in [5, 5.41) is 13.5. The van der Waals surface area contributed by atoms with E-state index in [0.29, 0.717) is 13.1 Å². The van der Waals surface area contributed by atoms with Gasteiger partial charge in [-0.25, -0.2) is 0 Å². The molecule has 92 valence electrons. The van der Waals surface area contributed by atoms with E-state index in [9.17, 15) is 14.4 Å². The van der Waals surface area contributed by atoms with Crippen molar-refractivity contribution in [3.63, 3.8) is 0 Å². The normalized spacial score (nSPS) is 9.94. The highest BCUT2D eigenvalue weighted by molar-refractivity contribution is 5.80. The molecule has 0 heterocycles. The van der Waals surface area contributed by atoms with Crippen molar-refractivity contribution in [3.8, 4) is 0 Å². The number of amides is 2. The summed E-state index contributed by atoms with van der Waals surface area (Å²) in [5.41, 5.74) is 0. The molecule has 0 atom stereocenters. The van der Waals surface area contributed by atoms with E-state index >= 15 is 0 Å². The molecule has 0 aromatic rings. The lowest BCUT2D eigenvalue weighted by Gasteiger charge is -2.08. The molecular formula is C10H18N2O4. The van der Waals surface area contributed by atoms with Crippen molar-refractivity contribution in [3.05, 3.63) is 0 Å². The molecule has 0 spiro atoms. The Labute approximate surface area is 94.4 Å². The van der Waals surface area contributed by atoms with E-state index in [1.54, 1.807) is 13.8 Å². The molecule has 0 bridgehead atoms. The van der Waals surface area contributed by atoms with Crippen molar-refractivity contribution < 1.29 is 19.5 Å². The second-order valence-corrected chi connectivity index (χ2v) is 3.69. The minimum absolute atomic E-state index is 0.0343. The lowest BCUT2D eigenvalue weighted by molar-refractivity contribution is -0.138. The number of carbonyl (C=O) groups is 3. The predicted molar refractivity (Wildman–Crippen MR) is 57.7 cm³/mol. The molecule has 0 saturated heterocycles. The number of nitrogens with one attached hydrogen (secondary N) is 2. The van der Waals surface area contributed by atoms with E-state index in [0.717, 1.165) is 0 Å². The summed E-state index contributed by atoms with van der Waals surface area (Å²) in [7, 11) is 0.